The summed E-state index contributed by atoms with van der Waals surface area (Å²) < 4.78 is 9.00. The van der Waals surface area contributed by atoms with Gasteiger partial charge in [0.2, 0.25) is 11.1 Å². The van der Waals surface area contributed by atoms with Crippen LogP contribution in [0.15, 0.2) is 106 Å². The van der Waals surface area contributed by atoms with E-state index in [9.17, 15) is 4.79 Å². The molecule has 6 rings (SSSR count). The van der Waals surface area contributed by atoms with E-state index in [4.69, 9.17) is 38.0 Å². The van der Waals surface area contributed by atoms with Crippen molar-refractivity contribution in [3.05, 3.63) is 139 Å². The van der Waals surface area contributed by atoms with Gasteiger partial charge in [0.1, 0.15) is 18.4 Å². The van der Waals surface area contributed by atoms with Crippen molar-refractivity contribution >= 4 is 68.4 Å². The van der Waals surface area contributed by atoms with Crippen LogP contribution in [0.1, 0.15) is 40.8 Å². The van der Waals surface area contributed by atoms with E-state index in [2.05, 4.69) is 26.6 Å². The summed E-state index contributed by atoms with van der Waals surface area (Å²) in [7, 11) is 0. The average Bonchev–Trinajstić information content (AvgIpc) is 3.43. The first-order chi connectivity index (χ1) is 22.2. The number of nitrogens with one attached hydrogen (secondary N) is 2. The summed E-state index contributed by atoms with van der Waals surface area (Å²) in [4.78, 5) is 19.0. The molecule has 0 aliphatic carbocycles. The number of fused-ring (bicyclic) bond motifs is 1. The van der Waals surface area contributed by atoms with E-state index in [1.54, 1.807) is 4.68 Å². The van der Waals surface area contributed by atoms with Crippen molar-refractivity contribution in [3.8, 4) is 5.75 Å². The zero-order chi connectivity index (χ0) is 32.4. The zero-order valence-electron chi connectivity index (χ0n) is 25.3. The molecule has 0 bridgehead atoms. The van der Waals surface area contributed by atoms with Crippen LogP contribution in [0.3, 0.4) is 0 Å². The summed E-state index contributed by atoms with van der Waals surface area (Å²) in [6, 6.07) is 26.3. The molecule has 5 aromatic rings. The fourth-order valence-corrected chi connectivity index (χ4v) is 6.90. The van der Waals surface area contributed by atoms with E-state index in [0.717, 1.165) is 38.0 Å². The molecule has 0 spiro atoms. The third-order valence-corrected chi connectivity index (χ3v) is 9.60. The van der Waals surface area contributed by atoms with Crippen molar-refractivity contribution in [1.29, 1.82) is 0 Å². The van der Waals surface area contributed by atoms with Crippen LogP contribution in [0.4, 0.5) is 11.6 Å². The van der Waals surface area contributed by atoms with Crippen molar-refractivity contribution in [1.82, 2.24) is 14.8 Å². The number of carbonyl (C=O) groups is 1. The molecule has 7 nitrogen and oxygen atoms in total. The number of amides is 1. The van der Waals surface area contributed by atoms with Gasteiger partial charge in [0.25, 0.3) is 5.91 Å². The summed E-state index contributed by atoms with van der Waals surface area (Å²) in [6.07, 6.45) is 0. The van der Waals surface area contributed by atoms with E-state index >= 15 is 0 Å². The SMILES string of the molecule is CC1=C(C(=O)Nc2ccc(C)cc2C)C(c2cc(Br)ccc2OCc2ccc(Cl)cc2)n2nc(SCc3ccccc3Cl)nc2N1. The van der Waals surface area contributed by atoms with Crippen molar-refractivity contribution in [2.45, 2.75) is 44.3 Å². The molecule has 1 atom stereocenters. The normalized spacial score (nSPS) is 14.1. The molecule has 1 aliphatic heterocycles. The number of hydrogen-bond donors (Lipinski definition) is 2. The number of halogens is 3. The molecular formula is C35H30BrCl2N5O2S. The molecule has 0 saturated heterocycles. The maximum atomic E-state index is 14.2. The van der Waals surface area contributed by atoms with E-state index < -0.39 is 6.04 Å². The highest BCUT2D eigenvalue weighted by Crippen LogP contribution is 2.42. The molecule has 1 aliphatic rings. The predicted octanol–water partition coefficient (Wildman–Crippen LogP) is 9.76. The van der Waals surface area contributed by atoms with Crippen molar-refractivity contribution in [3.63, 3.8) is 0 Å². The fourth-order valence-electron chi connectivity index (χ4n) is 5.28. The highest BCUT2D eigenvalue weighted by molar-refractivity contribution is 9.10. The minimum Gasteiger partial charge on any atom is -0.489 e. The van der Waals surface area contributed by atoms with Crippen LogP contribution in [0.2, 0.25) is 10.0 Å². The summed E-state index contributed by atoms with van der Waals surface area (Å²) in [5.74, 6) is 1.47. The molecule has 0 fully saturated rings. The number of benzene rings is 4. The number of nitrogens with zero attached hydrogens (tertiary/aromatic N) is 3. The van der Waals surface area contributed by atoms with E-state index in [1.165, 1.54) is 11.8 Å². The van der Waals surface area contributed by atoms with Crippen molar-refractivity contribution in [2.24, 2.45) is 0 Å². The number of aromatic nitrogens is 3. The standard InChI is InChI=1S/C35H30BrCl2N5O2S/c1-20-8-14-29(21(2)16-20)40-33(44)31-22(3)39-34-41-35(46-19-24-6-4-5-7-28(24)38)42-43(34)32(31)27-17-25(36)11-15-30(27)45-18-23-9-12-26(37)13-10-23/h4-17,32H,18-19H2,1-3H3,(H,40,44)(H,39,41,42). The Balaban J connectivity index is 1.40. The van der Waals surface area contributed by atoms with Gasteiger partial charge in [0.05, 0.1) is 5.57 Å². The Hall–Kier alpha value is -3.76. The van der Waals surface area contributed by atoms with Gasteiger partial charge in [0.15, 0.2) is 0 Å². The minimum absolute atomic E-state index is 0.253. The molecule has 1 aromatic heterocycles. The Labute approximate surface area is 290 Å². The third kappa shape index (κ3) is 7.13. The smallest absolute Gasteiger partial charge is 0.255 e. The molecule has 4 aromatic carbocycles. The Morgan fingerprint density at radius 1 is 1.02 bits per heavy atom. The van der Waals surface area contributed by atoms with Crippen LogP contribution in [-0.2, 0) is 17.2 Å². The molecule has 11 heteroatoms. The van der Waals surface area contributed by atoms with Gasteiger partial charge in [-0.05, 0) is 79.9 Å². The van der Waals surface area contributed by atoms with Crippen LogP contribution < -0.4 is 15.4 Å². The van der Waals surface area contributed by atoms with Gasteiger partial charge in [-0.15, -0.1) is 5.10 Å². The molecule has 1 amide bonds. The molecule has 1 unspecified atom stereocenters. The van der Waals surface area contributed by atoms with Gasteiger partial charge in [-0.1, -0.05) is 98.9 Å². The molecule has 0 saturated carbocycles. The predicted molar refractivity (Wildman–Crippen MR) is 190 cm³/mol. The summed E-state index contributed by atoms with van der Waals surface area (Å²) in [5, 5.41) is 13.3. The van der Waals surface area contributed by atoms with Gasteiger partial charge in [-0.3, -0.25) is 4.79 Å². The first kappa shape index (κ1) is 32.2. The summed E-state index contributed by atoms with van der Waals surface area (Å²) >= 11 is 17.6. The van der Waals surface area contributed by atoms with Crippen LogP contribution in [-0.4, -0.2) is 20.7 Å². The lowest BCUT2D eigenvalue weighted by Crippen LogP contribution is -2.32. The number of allylic oxidation sites excluding steroid dienone is 1. The van der Waals surface area contributed by atoms with Crippen LogP contribution in [0.25, 0.3) is 0 Å². The van der Waals surface area contributed by atoms with Gasteiger partial charge >= 0.3 is 0 Å². The van der Waals surface area contributed by atoms with Crippen molar-refractivity contribution in [2.75, 3.05) is 10.6 Å². The Morgan fingerprint density at radius 3 is 2.57 bits per heavy atom. The Bertz CT molecular complexity index is 1960. The fraction of sp³-hybridized carbons (Fsp3) is 0.171. The quantitative estimate of drug-likeness (QED) is 0.147. The summed E-state index contributed by atoms with van der Waals surface area (Å²) in [5.41, 5.74) is 6.69. The van der Waals surface area contributed by atoms with E-state index in [0.29, 0.717) is 50.5 Å². The zero-order valence-corrected chi connectivity index (χ0v) is 29.2. The molecule has 2 heterocycles. The number of carbonyl (C=O) groups excluding carboxylic acids is 1. The maximum absolute atomic E-state index is 14.2. The molecule has 234 valence electrons. The molecular weight excluding hydrogens is 705 g/mol. The van der Waals surface area contributed by atoms with E-state index in [-0.39, 0.29) is 5.91 Å². The average molecular weight is 736 g/mol. The van der Waals surface area contributed by atoms with Crippen LogP contribution in [0.5, 0.6) is 5.75 Å². The first-order valence-corrected chi connectivity index (χ1v) is 17.1. The second-order valence-electron chi connectivity index (χ2n) is 11.0. The largest absolute Gasteiger partial charge is 0.489 e. The van der Waals surface area contributed by atoms with Crippen LogP contribution >= 0.6 is 50.9 Å². The number of ether oxygens (including phenoxy) is 1. The topological polar surface area (TPSA) is 81.1 Å². The van der Waals surface area contributed by atoms with Crippen molar-refractivity contribution < 1.29 is 9.53 Å². The second-order valence-corrected chi connectivity index (χ2v) is 13.7. The monoisotopic (exact) mass is 733 g/mol. The Kier molecular flexibility index (Phi) is 9.75. The maximum Gasteiger partial charge on any atom is 0.255 e. The highest BCUT2D eigenvalue weighted by Gasteiger charge is 2.36. The van der Waals surface area contributed by atoms with Gasteiger partial charge in [-0.2, -0.15) is 4.98 Å². The number of rotatable bonds is 9. The van der Waals surface area contributed by atoms with E-state index in [1.807, 2.05) is 106 Å². The lowest BCUT2D eigenvalue weighted by molar-refractivity contribution is -0.113. The number of aryl methyl sites for hydroxylation is 2. The Morgan fingerprint density at radius 2 is 1.80 bits per heavy atom. The molecule has 46 heavy (non-hydrogen) atoms. The first-order valence-electron chi connectivity index (χ1n) is 14.5. The van der Waals surface area contributed by atoms with Gasteiger partial charge in [0, 0.05) is 37.2 Å². The highest BCUT2D eigenvalue weighted by atomic mass is 79.9. The number of hydrogen-bond acceptors (Lipinski definition) is 6. The molecule has 0 radical (unpaired) electrons. The lowest BCUT2D eigenvalue weighted by Gasteiger charge is -2.30. The van der Waals surface area contributed by atoms with Gasteiger partial charge < -0.3 is 15.4 Å². The lowest BCUT2D eigenvalue weighted by atomic mass is 9.94. The molecule has 2 N–H and O–H groups in total. The second kappa shape index (κ2) is 13.9. The number of anilines is 2. The third-order valence-electron chi connectivity index (χ3n) is 7.60. The summed E-state index contributed by atoms with van der Waals surface area (Å²) in [6.45, 7) is 6.20. The number of thioether (sulfide) groups is 1. The van der Waals surface area contributed by atoms with Gasteiger partial charge in [-0.25, -0.2) is 4.68 Å². The van der Waals surface area contributed by atoms with Crippen LogP contribution in [0, 0.1) is 13.8 Å². The minimum atomic E-state index is -0.651.